The molecule has 8 fully saturated rings. The molecule has 0 atom stereocenters. The number of benzene rings is 16. The van der Waals surface area contributed by atoms with Crippen molar-refractivity contribution in [2.45, 2.75) is 75.0 Å². The Morgan fingerprint density at radius 1 is 0.242 bits per heavy atom. The summed E-state index contributed by atoms with van der Waals surface area (Å²) < 4.78 is 9.78. The van der Waals surface area contributed by atoms with Gasteiger partial charge in [0.1, 0.15) is 5.52 Å². The third kappa shape index (κ3) is 9.32. The summed E-state index contributed by atoms with van der Waals surface area (Å²) in [6.45, 7) is 0. The molecule has 16 aromatic carbocycles. The number of para-hydroxylation sites is 4. The Labute approximate surface area is 716 Å². The summed E-state index contributed by atoms with van der Waals surface area (Å²) in [6.07, 6.45) is 19.6. The predicted molar refractivity (Wildman–Crippen MR) is 509 cm³/mol. The fourth-order valence-electron chi connectivity index (χ4n) is 28.0. The number of fused-ring (bicyclic) bond motifs is 22. The van der Waals surface area contributed by atoms with Crippen LogP contribution in [0.25, 0.3) is 198 Å². The van der Waals surface area contributed by atoms with Crippen molar-refractivity contribution in [1.82, 2.24) is 38.2 Å². The minimum absolute atomic E-state index is 0.136. The van der Waals surface area contributed by atoms with Gasteiger partial charge in [0, 0.05) is 83.1 Å². The number of rotatable bonds is 6. The van der Waals surface area contributed by atoms with Crippen LogP contribution < -0.4 is 0 Å². The van der Waals surface area contributed by atoms with E-state index in [2.05, 4.69) is 340 Å². The summed E-state index contributed by atoms with van der Waals surface area (Å²) in [5.74, 6) is 7.48. The Morgan fingerprint density at radius 2 is 0.597 bits per heavy atom. The zero-order valence-electron chi connectivity index (χ0n) is 68.6. The number of nitrogens with zero attached hydrogens (tertiary/aromatic N) is 8. The molecule has 32 rings (SSSR count). The van der Waals surface area contributed by atoms with E-state index in [1.807, 2.05) is 12.4 Å². The second kappa shape index (κ2) is 25.3. The Bertz CT molecular complexity index is 8340. The highest BCUT2D eigenvalue weighted by Crippen LogP contribution is 2.72. The molecule has 10 aliphatic rings. The normalized spacial score (nSPS) is 22.3. The first-order valence-corrected chi connectivity index (χ1v) is 45.3. The lowest BCUT2D eigenvalue weighted by Gasteiger charge is -2.61. The van der Waals surface area contributed by atoms with Gasteiger partial charge < -0.3 is 13.7 Å². The highest BCUT2D eigenvalue weighted by Gasteiger charge is 2.63. The largest absolute Gasteiger partial charge is 0.309 e. The highest BCUT2D eigenvalue weighted by atomic mass is 15.1. The van der Waals surface area contributed by atoms with Crippen LogP contribution in [0.5, 0.6) is 0 Å². The molecule has 2 spiro atoms. The van der Waals surface area contributed by atoms with Gasteiger partial charge in [0.2, 0.25) is 0 Å². The van der Waals surface area contributed by atoms with Gasteiger partial charge in [-0.1, -0.05) is 206 Å². The van der Waals surface area contributed by atoms with Gasteiger partial charge in [0.05, 0.1) is 72.6 Å². The van der Waals surface area contributed by atoms with E-state index >= 15 is 0 Å². The summed E-state index contributed by atoms with van der Waals surface area (Å²) in [6, 6.07) is 121. The zero-order chi connectivity index (χ0) is 80.5. The van der Waals surface area contributed by atoms with Crippen LogP contribution in [-0.4, -0.2) is 38.2 Å². The monoisotopic (exact) mass is 1590 g/mol. The standard InChI is InChI=1S/2C58H42N4/c1-2-10-37-31-52-51(30-36(37)9-1)59-33-57(60-52)62-54-16-8-5-13-46(54)48-29-39(18-22-56(48)62)38-17-21-55-47(28-38)45-12-4-7-15-53(45)61(55)42-19-20-44-43-11-3-6-14-49(43)58(50(44)32-42)40-24-34-23-35(26-40)27-41(58)25-34;1-2-10-42-38(9-1)32-51-56(60-24-23-59-51)57(42)62-53-16-8-5-13-46(53)48-31-37(18-22-55(48)62)36-17-21-54-47(30-36)45-12-4-7-15-52(45)61(54)41-19-20-44-43-11-3-6-14-49(43)58(50(44)33-41)39-26-34-25-35(28-39)29-40(58)27-34/h1-22,28-35,40-41H,23-27H2;1-24,30-35,39-40H,25-29H2. The van der Waals surface area contributed by atoms with E-state index in [1.165, 1.54) is 196 Å². The minimum atomic E-state index is 0.136. The van der Waals surface area contributed by atoms with Gasteiger partial charge in [-0.3, -0.25) is 19.5 Å². The van der Waals surface area contributed by atoms with Crippen LogP contribution in [0.15, 0.2) is 340 Å². The molecule has 0 saturated heterocycles. The van der Waals surface area contributed by atoms with E-state index in [-0.39, 0.29) is 10.8 Å². The lowest BCUT2D eigenvalue weighted by Crippen LogP contribution is -2.55. The van der Waals surface area contributed by atoms with Gasteiger partial charge in [-0.25, -0.2) is 4.98 Å². The van der Waals surface area contributed by atoms with Gasteiger partial charge in [-0.2, -0.15) is 0 Å². The maximum absolute atomic E-state index is 5.21. The third-order valence-electron chi connectivity index (χ3n) is 32.3. The SMILES string of the molecule is c1ccc2c(c1)-c1ccc(-n3c4ccccc4c4cc(-c5ccc6c(c5)c5ccccc5n6-c5c6ccccc6cc6nccnc56)ccc43)cc1C21C2CC3CC(C2)CC1C3.c1ccc2c(c1)-c1ccc(-n3c4ccccc4c4cc(-c5ccc6c(c5)c5ccccc5n6-c5cnc6cc7ccccc7cc6n5)ccc43)cc1C21C2CC3CC(C2)CC1C3. The van der Waals surface area contributed by atoms with Crippen molar-refractivity contribution in [3.8, 4) is 67.4 Å². The molecule has 0 amide bonds. The number of hydrogen-bond donors (Lipinski definition) is 0. The van der Waals surface area contributed by atoms with Crippen molar-refractivity contribution in [3.63, 3.8) is 0 Å². The zero-order valence-corrected chi connectivity index (χ0v) is 68.6. The Kier molecular flexibility index (Phi) is 14.0. The molecule has 8 bridgehead atoms. The van der Waals surface area contributed by atoms with Crippen molar-refractivity contribution in [1.29, 1.82) is 0 Å². The van der Waals surface area contributed by atoms with Crippen molar-refractivity contribution in [3.05, 3.63) is 362 Å². The second-order valence-corrected chi connectivity index (χ2v) is 38.0. The van der Waals surface area contributed by atoms with Crippen LogP contribution in [-0.2, 0) is 10.8 Å². The van der Waals surface area contributed by atoms with Crippen LogP contribution in [0.4, 0.5) is 0 Å². The Hall–Kier alpha value is -14.1. The molecule has 0 aliphatic heterocycles. The molecular weight excluding hydrogens is 1510 g/mol. The summed E-state index contributed by atoms with van der Waals surface area (Å²) in [7, 11) is 0. The lowest BCUT2D eigenvalue weighted by atomic mass is 9.43. The van der Waals surface area contributed by atoms with Gasteiger partial charge in [0.25, 0.3) is 0 Å². The summed E-state index contributed by atoms with van der Waals surface area (Å²) >= 11 is 0. The van der Waals surface area contributed by atoms with E-state index in [0.717, 1.165) is 114 Å². The molecule has 588 valence electrons. The predicted octanol–water partition coefficient (Wildman–Crippen LogP) is 28.7. The van der Waals surface area contributed by atoms with Gasteiger partial charge in [-0.15, -0.1) is 0 Å². The molecule has 0 radical (unpaired) electrons. The lowest BCUT2D eigenvalue weighted by molar-refractivity contribution is -0.0399. The summed E-state index contributed by atoms with van der Waals surface area (Å²) in [5, 5.41) is 14.7. The minimum Gasteiger partial charge on any atom is -0.309 e. The second-order valence-electron chi connectivity index (χ2n) is 38.0. The van der Waals surface area contributed by atoms with E-state index in [0.29, 0.717) is 0 Å². The van der Waals surface area contributed by atoms with Crippen molar-refractivity contribution in [2.75, 3.05) is 0 Å². The molecule has 0 N–H and O–H groups in total. The third-order valence-corrected chi connectivity index (χ3v) is 32.3. The van der Waals surface area contributed by atoms with Crippen molar-refractivity contribution in [2.24, 2.45) is 47.3 Å². The smallest absolute Gasteiger partial charge is 0.156 e. The van der Waals surface area contributed by atoms with Gasteiger partial charge in [-0.05, 0) is 310 Å². The molecule has 8 nitrogen and oxygen atoms in total. The molecule has 124 heavy (non-hydrogen) atoms. The van der Waals surface area contributed by atoms with Crippen molar-refractivity contribution < 1.29 is 0 Å². The highest BCUT2D eigenvalue weighted by molar-refractivity contribution is 6.17. The average molecular weight is 1590 g/mol. The first-order valence-electron chi connectivity index (χ1n) is 45.3. The topological polar surface area (TPSA) is 71.3 Å². The summed E-state index contributed by atoms with van der Waals surface area (Å²) in [4.78, 5) is 19.8. The van der Waals surface area contributed by atoms with E-state index < -0.39 is 0 Å². The van der Waals surface area contributed by atoms with E-state index in [1.54, 1.807) is 28.5 Å². The maximum Gasteiger partial charge on any atom is 0.156 e. The molecule has 22 aromatic rings. The van der Waals surface area contributed by atoms with Crippen LogP contribution in [0.2, 0.25) is 0 Å². The molecular formula is C116H84N8. The first kappa shape index (κ1) is 68.6. The number of hydrogen-bond acceptors (Lipinski definition) is 4. The molecule has 10 aliphatic carbocycles. The molecule has 8 heteroatoms. The Balaban J connectivity index is 0.000000124. The number of aromatic nitrogens is 8. The van der Waals surface area contributed by atoms with E-state index in [4.69, 9.17) is 19.9 Å². The Morgan fingerprint density at radius 3 is 1.07 bits per heavy atom. The molecule has 6 aromatic heterocycles. The molecule has 6 heterocycles. The van der Waals surface area contributed by atoms with Crippen molar-refractivity contribution >= 4 is 131 Å². The fraction of sp³-hybridized carbons (Fsp3) is 0.172. The quantitative estimate of drug-likeness (QED) is 0.156. The van der Waals surface area contributed by atoms with Gasteiger partial charge in [0.15, 0.2) is 5.82 Å². The fourth-order valence-corrected chi connectivity index (χ4v) is 28.0. The van der Waals surface area contributed by atoms with E-state index in [9.17, 15) is 0 Å². The molecule has 0 unspecified atom stereocenters. The maximum atomic E-state index is 5.21. The average Bonchev–Trinajstić information content (AvgIpc) is 1.49. The van der Waals surface area contributed by atoms with Crippen LogP contribution in [0, 0.1) is 47.3 Å². The first-order chi connectivity index (χ1) is 61.4. The van der Waals surface area contributed by atoms with Crippen LogP contribution in [0.1, 0.15) is 86.5 Å². The summed E-state index contributed by atoms with van der Waals surface area (Å²) in [5.41, 5.74) is 34.3. The van der Waals surface area contributed by atoms with Crippen LogP contribution >= 0.6 is 0 Å². The van der Waals surface area contributed by atoms with Crippen LogP contribution in [0.3, 0.4) is 0 Å². The molecule has 8 saturated carbocycles. The van der Waals surface area contributed by atoms with Gasteiger partial charge >= 0.3 is 0 Å².